The first-order valence-corrected chi connectivity index (χ1v) is 8.14. The average molecular weight is 333 g/mol. The molecule has 0 aliphatic heterocycles. The van der Waals surface area contributed by atoms with Gasteiger partial charge in [0.05, 0.1) is 5.75 Å². The molecular weight excluding hydrogens is 318 g/mol. The summed E-state index contributed by atoms with van der Waals surface area (Å²) < 4.78 is 4.79. The Morgan fingerprint density at radius 1 is 1.62 bits per heavy atom. The van der Waals surface area contributed by atoms with Crippen molar-refractivity contribution >= 4 is 41.3 Å². The Labute approximate surface area is 128 Å². The zero-order valence-electron chi connectivity index (χ0n) is 11.2. The standard InChI is InChI=1S/C9H15N7O3S2/c1-20-5(7(10)16(17)18)2-3-21-4-6-13-9(19-15-6)14-8(11)12/h5,10H,2-4H2,1H3,(H4,11,12,13,14,15). The van der Waals surface area contributed by atoms with Gasteiger partial charge in [-0.2, -0.15) is 21.7 Å². The lowest BCUT2D eigenvalue weighted by Crippen LogP contribution is -2.24. The molecule has 0 bridgehead atoms. The molecule has 0 aliphatic rings. The van der Waals surface area contributed by atoms with Crippen molar-refractivity contribution in [1.29, 1.82) is 5.41 Å². The van der Waals surface area contributed by atoms with Crippen molar-refractivity contribution in [3.63, 3.8) is 0 Å². The van der Waals surface area contributed by atoms with Crippen LogP contribution in [0.4, 0.5) is 6.01 Å². The van der Waals surface area contributed by atoms with Crippen LogP contribution in [0.15, 0.2) is 9.52 Å². The van der Waals surface area contributed by atoms with Crippen LogP contribution >= 0.6 is 23.5 Å². The van der Waals surface area contributed by atoms with Gasteiger partial charge in [0, 0.05) is 0 Å². The van der Waals surface area contributed by atoms with E-state index in [0.29, 0.717) is 23.8 Å². The maximum atomic E-state index is 10.5. The summed E-state index contributed by atoms with van der Waals surface area (Å²) >= 11 is 2.77. The number of nitrogens with zero attached hydrogens (tertiary/aromatic N) is 4. The summed E-state index contributed by atoms with van der Waals surface area (Å²) in [5, 5.41) is 21.2. The molecular formula is C9H15N7O3S2. The topological polar surface area (TPSA) is 170 Å². The number of thioether (sulfide) groups is 2. The van der Waals surface area contributed by atoms with E-state index < -0.39 is 16.0 Å². The molecule has 0 aliphatic carbocycles. The van der Waals surface area contributed by atoms with Gasteiger partial charge in [0.15, 0.2) is 11.8 Å². The largest absolute Gasteiger partial charge is 0.370 e. The molecule has 5 N–H and O–H groups in total. The Morgan fingerprint density at radius 3 is 2.90 bits per heavy atom. The second kappa shape index (κ2) is 8.46. The molecule has 0 fully saturated rings. The van der Waals surface area contributed by atoms with Crippen LogP contribution in [-0.2, 0) is 5.75 Å². The van der Waals surface area contributed by atoms with Crippen molar-refractivity contribution in [2.24, 2.45) is 16.5 Å². The molecule has 116 valence electrons. The van der Waals surface area contributed by atoms with Gasteiger partial charge in [-0.3, -0.25) is 0 Å². The van der Waals surface area contributed by atoms with Crippen molar-refractivity contribution in [3.05, 3.63) is 15.9 Å². The van der Waals surface area contributed by atoms with Crippen LogP contribution in [0.25, 0.3) is 0 Å². The van der Waals surface area contributed by atoms with Crippen LogP contribution < -0.4 is 11.5 Å². The van der Waals surface area contributed by atoms with Gasteiger partial charge in [-0.1, -0.05) is 10.6 Å². The van der Waals surface area contributed by atoms with Crippen LogP contribution in [0.3, 0.4) is 0 Å². The van der Waals surface area contributed by atoms with Gasteiger partial charge in [0.2, 0.25) is 0 Å². The summed E-state index contributed by atoms with van der Waals surface area (Å²) in [6.45, 7) is 0. The first-order valence-electron chi connectivity index (χ1n) is 5.69. The molecule has 1 aromatic rings. The third-order valence-corrected chi connectivity index (χ3v) is 4.24. The molecule has 21 heavy (non-hydrogen) atoms. The number of aromatic nitrogens is 2. The fourth-order valence-electron chi connectivity index (χ4n) is 1.30. The van der Waals surface area contributed by atoms with Crippen LogP contribution in [0.2, 0.25) is 0 Å². The molecule has 1 aromatic heterocycles. The van der Waals surface area contributed by atoms with Crippen molar-refractivity contribution in [1.82, 2.24) is 10.1 Å². The lowest BCUT2D eigenvalue weighted by Gasteiger charge is -2.09. The molecule has 1 heterocycles. The minimum absolute atomic E-state index is 0.0114. The van der Waals surface area contributed by atoms with Crippen molar-refractivity contribution in [3.8, 4) is 0 Å². The average Bonchev–Trinajstić information content (AvgIpc) is 2.84. The number of aliphatic imine (C=N–C) groups is 1. The Balaban J connectivity index is 2.36. The Bertz CT molecular complexity index is 529. The number of rotatable bonds is 8. The second-order valence-corrected chi connectivity index (χ2v) is 5.88. The smallest absolute Gasteiger partial charge is 0.350 e. The highest BCUT2D eigenvalue weighted by molar-refractivity contribution is 8.00. The molecule has 12 heteroatoms. The van der Waals surface area contributed by atoms with E-state index in [4.69, 9.17) is 21.4 Å². The van der Waals surface area contributed by atoms with Crippen LogP contribution in [-0.4, -0.2) is 44.1 Å². The van der Waals surface area contributed by atoms with Gasteiger partial charge >= 0.3 is 11.9 Å². The summed E-state index contributed by atoms with van der Waals surface area (Å²) in [7, 11) is 0. The van der Waals surface area contributed by atoms with Gasteiger partial charge in [-0.05, 0) is 23.4 Å². The third-order valence-electron chi connectivity index (χ3n) is 2.22. The first kappa shape index (κ1) is 17.2. The Morgan fingerprint density at radius 2 is 2.33 bits per heavy atom. The van der Waals surface area contributed by atoms with Gasteiger partial charge in [0.25, 0.3) is 0 Å². The summed E-state index contributed by atoms with van der Waals surface area (Å²) in [5.74, 6) is 0.895. The van der Waals surface area contributed by atoms with Gasteiger partial charge in [-0.15, -0.1) is 11.8 Å². The predicted molar refractivity (Wildman–Crippen MR) is 82.6 cm³/mol. The lowest BCUT2D eigenvalue weighted by atomic mass is 10.3. The second-order valence-electron chi connectivity index (χ2n) is 3.74. The molecule has 0 aromatic carbocycles. The van der Waals surface area contributed by atoms with E-state index in [1.54, 1.807) is 6.26 Å². The number of hydrogen-bond acceptors (Lipinski definition) is 9. The van der Waals surface area contributed by atoms with Crippen molar-refractivity contribution < 1.29 is 9.45 Å². The Hall–Kier alpha value is -1.82. The molecule has 0 spiro atoms. The first-order chi connectivity index (χ1) is 9.93. The van der Waals surface area contributed by atoms with E-state index in [-0.39, 0.29) is 12.0 Å². The van der Waals surface area contributed by atoms with E-state index in [1.165, 1.54) is 23.5 Å². The molecule has 1 unspecified atom stereocenters. The molecule has 0 radical (unpaired) electrons. The highest BCUT2D eigenvalue weighted by Gasteiger charge is 2.22. The SMILES string of the molecule is CSC(CCSCc1noc(N=C(N)N)n1)C(=N)[N+](=O)[O-]. The summed E-state index contributed by atoms with van der Waals surface area (Å²) in [6, 6.07) is -0.0114. The monoisotopic (exact) mass is 333 g/mol. The zero-order valence-corrected chi connectivity index (χ0v) is 12.8. The van der Waals surface area contributed by atoms with E-state index in [1.807, 2.05) is 0 Å². The van der Waals surface area contributed by atoms with Crippen LogP contribution in [0.1, 0.15) is 12.2 Å². The van der Waals surface area contributed by atoms with Crippen molar-refractivity contribution in [2.45, 2.75) is 17.4 Å². The third kappa shape index (κ3) is 5.99. The van der Waals surface area contributed by atoms with Gasteiger partial charge < -0.3 is 26.1 Å². The van der Waals surface area contributed by atoms with Crippen LogP contribution in [0.5, 0.6) is 0 Å². The van der Waals surface area contributed by atoms with E-state index >= 15 is 0 Å². The molecule has 10 nitrogen and oxygen atoms in total. The van der Waals surface area contributed by atoms with E-state index in [0.717, 1.165) is 0 Å². The maximum Gasteiger partial charge on any atom is 0.350 e. The minimum atomic E-state index is -0.660. The molecule has 0 saturated heterocycles. The number of nitrogens with one attached hydrogen (secondary N) is 1. The number of nitro groups is 1. The summed E-state index contributed by atoms with van der Waals surface area (Å²) in [6.07, 6.45) is 2.26. The molecule has 0 saturated carbocycles. The fourth-order valence-corrected chi connectivity index (χ4v) is 2.96. The molecule has 1 atom stereocenters. The highest BCUT2D eigenvalue weighted by atomic mass is 32.2. The van der Waals surface area contributed by atoms with Crippen molar-refractivity contribution in [2.75, 3.05) is 12.0 Å². The molecule has 0 amide bonds. The van der Waals surface area contributed by atoms with Gasteiger partial charge in [-0.25, -0.2) is 0 Å². The van der Waals surface area contributed by atoms with E-state index in [9.17, 15) is 10.1 Å². The quantitative estimate of drug-likeness (QED) is 0.202. The summed E-state index contributed by atoms with van der Waals surface area (Å²) in [4.78, 5) is 17.4. The fraction of sp³-hybridized carbons (Fsp3) is 0.556. The van der Waals surface area contributed by atoms with E-state index in [2.05, 4.69) is 15.1 Å². The lowest BCUT2D eigenvalue weighted by molar-refractivity contribution is -0.354. The highest BCUT2D eigenvalue weighted by Crippen LogP contribution is 2.19. The summed E-state index contributed by atoms with van der Waals surface area (Å²) in [5.41, 5.74) is 10.3. The number of amidine groups is 1. The van der Waals surface area contributed by atoms with Gasteiger partial charge in [0.1, 0.15) is 5.25 Å². The molecule has 1 rings (SSSR count). The minimum Gasteiger partial charge on any atom is -0.370 e. The normalized spacial score (nSPS) is 11.9. The number of guanidine groups is 1. The number of hydrogen-bond donors (Lipinski definition) is 3. The zero-order chi connectivity index (χ0) is 15.8. The maximum absolute atomic E-state index is 10.5. The number of nitrogens with two attached hydrogens (primary N) is 2. The predicted octanol–water partition coefficient (Wildman–Crippen LogP) is 0.583. The van der Waals surface area contributed by atoms with Crippen LogP contribution in [0, 0.1) is 15.5 Å². The Kier molecular flexibility index (Phi) is 6.94.